The van der Waals surface area contributed by atoms with Gasteiger partial charge < -0.3 is 15.0 Å². The Morgan fingerprint density at radius 2 is 2.25 bits per heavy atom. The van der Waals surface area contributed by atoms with Crippen LogP contribution in [-0.2, 0) is 9.53 Å². The minimum atomic E-state index is -4.29. The van der Waals surface area contributed by atoms with Crippen molar-refractivity contribution in [3.8, 4) is 0 Å². The highest BCUT2D eigenvalue weighted by Crippen LogP contribution is 2.14. The highest BCUT2D eigenvalue weighted by Gasteiger charge is 2.29. The molecule has 4 nitrogen and oxygen atoms in total. The number of alkyl halides is 3. The highest BCUT2D eigenvalue weighted by molar-refractivity contribution is 5.83. The lowest BCUT2D eigenvalue weighted by atomic mass is 10.2. The summed E-state index contributed by atoms with van der Waals surface area (Å²) in [6, 6.07) is -0.278. The Hall–Kier alpha value is -0.820. The van der Waals surface area contributed by atoms with Crippen molar-refractivity contribution in [2.45, 2.75) is 18.6 Å². The van der Waals surface area contributed by atoms with Gasteiger partial charge in [0.1, 0.15) is 6.61 Å². The predicted octanol–water partition coefficient (Wildman–Crippen LogP) is 0.386. The summed E-state index contributed by atoms with van der Waals surface area (Å²) in [5.74, 6) is -0.0178. The van der Waals surface area contributed by atoms with Gasteiger partial charge in [-0.25, -0.2) is 0 Å². The molecule has 1 amide bonds. The summed E-state index contributed by atoms with van der Waals surface area (Å²) < 4.78 is 39.5. The smallest absolute Gasteiger partial charge is 0.371 e. The number of likely N-dealkylation sites (tertiary alicyclic amines) is 1. The lowest BCUT2D eigenvalue weighted by Gasteiger charge is -2.12. The number of rotatable bonds is 5. The number of hydrogen-bond donors (Lipinski definition) is 1. The molecule has 1 rings (SSSR count). The standard InChI is InChI=1S/C9H15F3N2O2/c1-14-4-2-7(8(14)15)13-3-5-16-6-9(10,11)12/h7,13H,2-6H2,1H3. The van der Waals surface area contributed by atoms with Gasteiger partial charge in [0.25, 0.3) is 0 Å². The predicted molar refractivity (Wildman–Crippen MR) is 50.9 cm³/mol. The molecule has 1 unspecified atom stereocenters. The zero-order chi connectivity index (χ0) is 12.2. The first-order valence-corrected chi connectivity index (χ1v) is 5.03. The molecule has 0 aromatic rings. The van der Waals surface area contributed by atoms with Crippen LogP contribution in [0.3, 0.4) is 0 Å². The van der Waals surface area contributed by atoms with E-state index in [1.165, 1.54) is 0 Å². The molecule has 0 aliphatic carbocycles. The third-order valence-electron chi connectivity index (χ3n) is 2.33. The average molecular weight is 240 g/mol. The molecule has 0 bridgehead atoms. The highest BCUT2D eigenvalue weighted by atomic mass is 19.4. The van der Waals surface area contributed by atoms with Gasteiger partial charge in [0, 0.05) is 20.1 Å². The first-order valence-electron chi connectivity index (χ1n) is 5.03. The van der Waals surface area contributed by atoms with E-state index in [4.69, 9.17) is 0 Å². The molecule has 0 saturated carbocycles. The normalized spacial score (nSPS) is 21.9. The fourth-order valence-electron chi connectivity index (χ4n) is 1.51. The van der Waals surface area contributed by atoms with E-state index >= 15 is 0 Å². The second kappa shape index (κ2) is 5.49. The minimum Gasteiger partial charge on any atom is -0.371 e. The second-order valence-corrected chi connectivity index (χ2v) is 3.72. The van der Waals surface area contributed by atoms with Crippen LogP contribution < -0.4 is 5.32 Å². The van der Waals surface area contributed by atoms with Gasteiger partial charge in [0.05, 0.1) is 12.6 Å². The molecule has 1 aliphatic heterocycles. The third-order valence-corrected chi connectivity index (χ3v) is 2.33. The zero-order valence-corrected chi connectivity index (χ0v) is 9.01. The van der Waals surface area contributed by atoms with Crippen LogP contribution >= 0.6 is 0 Å². The Morgan fingerprint density at radius 3 is 2.75 bits per heavy atom. The van der Waals surface area contributed by atoms with Gasteiger partial charge in [-0.3, -0.25) is 4.79 Å². The van der Waals surface area contributed by atoms with E-state index in [0.717, 1.165) is 0 Å². The Balaban J connectivity index is 2.06. The fourth-order valence-corrected chi connectivity index (χ4v) is 1.51. The molecule has 0 aromatic heterocycles. The lowest BCUT2D eigenvalue weighted by molar-refractivity contribution is -0.173. The average Bonchev–Trinajstić information content (AvgIpc) is 2.47. The van der Waals surface area contributed by atoms with Crippen molar-refractivity contribution in [1.29, 1.82) is 0 Å². The van der Waals surface area contributed by atoms with Crippen molar-refractivity contribution >= 4 is 5.91 Å². The summed E-state index contributed by atoms with van der Waals surface area (Å²) in [5, 5.41) is 2.86. The summed E-state index contributed by atoms with van der Waals surface area (Å²) in [6.07, 6.45) is -3.60. The minimum absolute atomic E-state index is 0.0178. The quantitative estimate of drug-likeness (QED) is 0.707. The SMILES string of the molecule is CN1CCC(NCCOCC(F)(F)F)C1=O. The van der Waals surface area contributed by atoms with Gasteiger partial charge in [-0.05, 0) is 6.42 Å². The van der Waals surface area contributed by atoms with Gasteiger partial charge in [-0.1, -0.05) is 0 Å². The molecule has 0 aromatic carbocycles. The summed E-state index contributed by atoms with van der Waals surface area (Å²) in [5.41, 5.74) is 0. The molecule has 1 N–H and O–H groups in total. The number of ether oxygens (including phenoxy) is 1. The maximum absolute atomic E-state index is 11.7. The Kier molecular flexibility index (Phi) is 4.55. The van der Waals surface area contributed by atoms with Crippen LogP contribution in [0.5, 0.6) is 0 Å². The first kappa shape index (κ1) is 13.2. The van der Waals surface area contributed by atoms with Crippen LogP contribution in [0.1, 0.15) is 6.42 Å². The molecule has 1 heterocycles. The number of nitrogens with zero attached hydrogens (tertiary/aromatic N) is 1. The number of carbonyl (C=O) groups excluding carboxylic acids is 1. The third kappa shape index (κ3) is 4.36. The molecule has 0 spiro atoms. The van der Waals surface area contributed by atoms with Crippen molar-refractivity contribution in [2.75, 3.05) is 33.4 Å². The first-order chi connectivity index (χ1) is 7.40. The van der Waals surface area contributed by atoms with E-state index in [0.29, 0.717) is 13.0 Å². The molecular weight excluding hydrogens is 225 g/mol. The number of carbonyl (C=O) groups is 1. The van der Waals surface area contributed by atoms with Gasteiger partial charge >= 0.3 is 6.18 Å². The number of amides is 1. The summed E-state index contributed by atoms with van der Waals surface area (Å²) >= 11 is 0. The van der Waals surface area contributed by atoms with E-state index in [1.54, 1.807) is 11.9 Å². The zero-order valence-electron chi connectivity index (χ0n) is 9.01. The van der Waals surface area contributed by atoms with Crippen molar-refractivity contribution in [2.24, 2.45) is 0 Å². The Morgan fingerprint density at radius 1 is 1.56 bits per heavy atom. The number of likely N-dealkylation sites (N-methyl/N-ethyl adjacent to an activating group) is 1. The van der Waals surface area contributed by atoms with E-state index in [1.807, 2.05) is 0 Å². The van der Waals surface area contributed by atoms with E-state index in [-0.39, 0.29) is 25.1 Å². The van der Waals surface area contributed by atoms with Crippen LogP contribution in [0.2, 0.25) is 0 Å². The monoisotopic (exact) mass is 240 g/mol. The lowest BCUT2D eigenvalue weighted by Crippen LogP contribution is -2.38. The van der Waals surface area contributed by atoms with Gasteiger partial charge in [-0.2, -0.15) is 13.2 Å². The van der Waals surface area contributed by atoms with E-state index in [2.05, 4.69) is 10.1 Å². The van der Waals surface area contributed by atoms with E-state index < -0.39 is 12.8 Å². The molecule has 1 fully saturated rings. The van der Waals surface area contributed by atoms with Crippen LogP contribution in [-0.4, -0.2) is 56.4 Å². The van der Waals surface area contributed by atoms with Crippen LogP contribution in [0.15, 0.2) is 0 Å². The fraction of sp³-hybridized carbons (Fsp3) is 0.889. The van der Waals surface area contributed by atoms with Gasteiger partial charge in [0.15, 0.2) is 0 Å². The van der Waals surface area contributed by atoms with Crippen molar-refractivity contribution < 1.29 is 22.7 Å². The number of nitrogens with one attached hydrogen (secondary N) is 1. The van der Waals surface area contributed by atoms with Crippen LogP contribution in [0.4, 0.5) is 13.2 Å². The second-order valence-electron chi connectivity index (χ2n) is 3.72. The molecule has 1 saturated heterocycles. The molecule has 1 atom stereocenters. The largest absolute Gasteiger partial charge is 0.411 e. The van der Waals surface area contributed by atoms with Gasteiger partial charge in [0.2, 0.25) is 5.91 Å². The number of halogens is 3. The van der Waals surface area contributed by atoms with E-state index in [9.17, 15) is 18.0 Å². The summed E-state index contributed by atoms with van der Waals surface area (Å²) in [6.45, 7) is -0.361. The number of hydrogen-bond acceptors (Lipinski definition) is 3. The Bertz CT molecular complexity index is 245. The molecule has 0 radical (unpaired) electrons. The maximum atomic E-state index is 11.7. The van der Waals surface area contributed by atoms with Crippen LogP contribution in [0, 0.1) is 0 Å². The molecule has 16 heavy (non-hydrogen) atoms. The van der Waals surface area contributed by atoms with Crippen molar-refractivity contribution in [1.82, 2.24) is 10.2 Å². The molecule has 1 aliphatic rings. The Labute approximate surface area is 91.7 Å². The van der Waals surface area contributed by atoms with Crippen LogP contribution in [0.25, 0.3) is 0 Å². The molecular formula is C9H15F3N2O2. The summed E-state index contributed by atoms with van der Waals surface area (Å²) in [7, 11) is 1.70. The van der Waals surface area contributed by atoms with Crippen molar-refractivity contribution in [3.05, 3.63) is 0 Å². The van der Waals surface area contributed by atoms with Crippen molar-refractivity contribution in [3.63, 3.8) is 0 Å². The maximum Gasteiger partial charge on any atom is 0.411 e. The van der Waals surface area contributed by atoms with Gasteiger partial charge in [-0.15, -0.1) is 0 Å². The molecule has 7 heteroatoms. The summed E-state index contributed by atoms with van der Waals surface area (Å²) in [4.78, 5) is 13.0. The molecule has 94 valence electrons. The topological polar surface area (TPSA) is 41.6 Å².